The highest BCUT2D eigenvalue weighted by Gasteiger charge is 2.96. The van der Waals surface area contributed by atoms with E-state index in [9.17, 15) is 83.1 Å². The summed E-state index contributed by atoms with van der Waals surface area (Å²) in [5, 5.41) is 0.830. The van der Waals surface area contributed by atoms with Crippen LogP contribution >= 0.6 is 0 Å². The molecule has 0 aliphatic heterocycles. The molecule has 0 radical (unpaired) electrons. The number of hydrogen-bond donors (Lipinski definition) is 1. The van der Waals surface area contributed by atoms with Crippen molar-refractivity contribution in [2.24, 2.45) is 0 Å². The summed E-state index contributed by atoms with van der Waals surface area (Å²) in [6.45, 7) is -4.79. The molecule has 0 aromatic heterocycles. The van der Waals surface area contributed by atoms with E-state index in [2.05, 4.69) is 9.47 Å². The van der Waals surface area contributed by atoms with E-state index >= 15 is 0 Å². The van der Waals surface area contributed by atoms with Crippen LogP contribution in [0.4, 0.5) is 74.6 Å². The van der Waals surface area contributed by atoms with Crippen LogP contribution in [-0.4, -0.2) is 111 Å². The summed E-state index contributed by atoms with van der Waals surface area (Å²) in [6.07, 6.45) is -7.89. The molecular formula is C16H18F17NO5S. The van der Waals surface area contributed by atoms with Crippen LogP contribution in [0.25, 0.3) is 0 Å². The van der Waals surface area contributed by atoms with Gasteiger partial charge in [-0.25, -0.2) is 8.42 Å². The van der Waals surface area contributed by atoms with E-state index in [1.165, 1.54) is 0 Å². The first-order chi connectivity index (χ1) is 17.5. The van der Waals surface area contributed by atoms with Crippen LogP contribution in [-0.2, 0) is 19.5 Å². The largest absolute Gasteiger partial charge is 0.460 e. The molecule has 6 nitrogen and oxygen atoms in total. The molecule has 0 amide bonds. The molecule has 1 N–H and O–H groups in total. The lowest BCUT2D eigenvalue weighted by molar-refractivity contribution is -0.458. The van der Waals surface area contributed by atoms with E-state index in [4.69, 9.17) is 5.11 Å². The summed E-state index contributed by atoms with van der Waals surface area (Å²) in [5.41, 5.74) is 0. The first kappa shape index (κ1) is 38.6. The minimum Gasteiger partial charge on any atom is -0.394 e. The molecule has 242 valence electrons. The summed E-state index contributed by atoms with van der Waals surface area (Å²) in [7, 11) is -7.35. The van der Waals surface area contributed by atoms with Crippen molar-refractivity contribution >= 4 is 10.0 Å². The van der Waals surface area contributed by atoms with E-state index in [-0.39, 0.29) is 13.2 Å². The molecule has 0 saturated heterocycles. The normalized spacial score (nSPS) is 15.7. The highest BCUT2D eigenvalue weighted by Crippen LogP contribution is 2.64. The second-order valence-corrected chi connectivity index (χ2v) is 9.39. The van der Waals surface area contributed by atoms with Crippen LogP contribution in [0.1, 0.15) is 6.92 Å². The van der Waals surface area contributed by atoms with Gasteiger partial charge >= 0.3 is 47.0 Å². The van der Waals surface area contributed by atoms with Crippen LogP contribution in [0.15, 0.2) is 0 Å². The Morgan fingerprint density at radius 3 is 1.27 bits per heavy atom. The lowest BCUT2D eigenvalue weighted by Crippen LogP contribution is -2.75. The fourth-order valence-electron chi connectivity index (χ4n) is 2.47. The van der Waals surface area contributed by atoms with Gasteiger partial charge in [-0.3, -0.25) is 0 Å². The van der Waals surface area contributed by atoms with Crippen LogP contribution in [0.3, 0.4) is 0 Å². The molecule has 24 heteroatoms. The number of aliphatic hydroxyl groups excluding tert-OH is 1. The predicted molar refractivity (Wildman–Crippen MR) is 95.6 cm³/mol. The van der Waals surface area contributed by atoms with Crippen molar-refractivity contribution in [2.75, 3.05) is 46.1 Å². The number of alkyl halides is 17. The Morgan fingerprint density at radius 2 is 0.925 bits per heavy atom. The Kier molecular flexibility index (Phi) is 11.6. The first-order valence-corrected chi connectivity index (χ1v) is 11.4. The van der Waals surface area contributed by atoms with Gasteiger partial charge in [0, 0.05) is 13.1 Å². The Bertz CT molecular complexity index is 939. The third-order valence-electron chi connectivity index (χ3n) is 4.80. The second-order valence-electron chi connectivity index (χ2n) is 7.41. The summed E-state index contributed by atoms with van der Waals surface area (Å²) in [4.78, 5) is 0. The van der Waals surface area contributed by atoms with Gasteiger partial charge < -0.3 is 14.6 Å². The van der Waals surface area contributed by atoms with Gasteiger partial charge in [-0.15, -0.1) is 0 Å². The first-order valence-electron chi connectivity index (χ1n) is 9.99. The molecule has 0 aromatic carbocycles. The summed E-state index contributed by atoms with van der Waals surface area (Å²) in [5.74, 6) is -51.8. The van der Waals surface area contributed by atoms with E-state index < -0.39 is 94.2 Å². The molecule has 0 aliphatic carbocycles. The Labute approximate surface area is 213 Å². The summed E-state index contributed by atoms with van der Waals surface area (Å²) in [6, 6.07) is 0. The van der Waals surface area contributed by atoms with Crippen molar-refractivity contribution in [3.63, 3.8) is 0 Å². The number of hydrogen-bond acceptors (Lipinski definition) is 5. The average molecular weight is 659 g/mol. The van der Waals surface area contributed by atoms with Crippen molar-refractivity contribution < 1.29 is 97.6 Å². The monoisotopic (exact) mass is 659 g/mol. The molecule has 0 unspecified atom stereocenters. The van der Waals surface area contributed by atoms with E-state index in [1.54, 1.807) is 0 Å². The van der Waals surface area contributed by atoms with Crippen molar-refractivity contribution in [2.45, 2.75) is 53.9 Å². The molecule has 0 aliphatic rings. The molecule has 0 bridgehead atoms. The fourth-order valence-corrected chi connectivity index (χ4v) is 3.91. The van der Waals surface area contributed by atoms with Gasteiger partial charge in [0.15, 0.2) is 0 Å². The van der Waals surface area contributed by atoms with E-state index in [0.29, 0.717) is 6.92 Å². The summed E-state index contributed by atoms with van der Waals surface area (Å²) < 4.78 is 259. The highest BCUT2D eigenvalue weighted by molar-refractivity contribution is 7.90. The lowest BCUT2D eigenvalue weighted by atomic mass is 9.91. The topological polar surface area (TPSA) is 76.1 Å². The van der Waals surface area contributed by atoms with Gasteiger partial charge in [-0.2, -0.15) is 78.9 Å². The zero-order valence-electron chi connectivity index (χ0n) is 19.3. The smallest absolute Gasteiger partial charge is 0.394 e. The van der Waals surface area contributed by atoms with Gasteiger partial charge in [0.05, 0.1) is 33.0 Å². The number of likely N-dealkylation sites (N-methyl/N-ethyl adjacent to an activating group) is 1. The standard InChI is InChI=1S/C16H18F17NO5S/c1-2-34(3-5-38-7-8-39-6-4-35)40(36,37)16(32,33)14(27,28)12(23,24)10(19,20)9(17,18)11(21,22)13(25,26)15(29,30)31/h35H,2-8H2,1H3. The van der Waals surface area contributed by atoms with Crippen LogP contribution < -0.4 is 0 Å². The minimum absolute atomic E-state index is 0.238. The average Bonchev–Trinajstić information content (AvgIpc) is 2.78. The van der Waals surface area contributed by atoms with Gasteiger partial charge in [0.1, 0.15) is 0 Å². The van der Waals surface area contributed by atoms with Crippen molar-refractivity contribution in [1.82, 2.24) is 4.31 Å². The molecule has 0 saturated carbocycles. The zero-order chi connectivity index (χ0) is 32.4. The number of ether oxygens (including phenoxy) is 2. The van der Waals surface area contributed by atoms with Crippen LogP contribution in [0.2, 0.25) is 0 Å². The Balaban J connectivity index is 6.45. The van der Waals surface area contributed by atoms with Gasteiger partial charge in [0.2, 0.25) is 0 Å². The van der Waals surface area contributed by atoms with Crippen LogP contribution in [0, 0.1) is 0 Å². The van der Waals surface area contributed by atoms with Gasteiger partial charge in [-0.05, 0) is 0 Å². The number of rotatable bonds is 17. The third kappa shape index (κ3) is 6.04. The summed E-state index contributed by atoms with van der Waals surface area (Å²) >= 11 is 0. The number of halogens is 17. The molecule has 0 atom stereocenters. The number of nitrogens with zero attached hydrogens (tertiary/aromatic N) is 1. The van der Waals surface area contributed by atoms with Crippen molar-refractivity contribution in [3.05, 3.63) is 0 Å². The zero-order valence-corrected chi connectivity index (χ0v) is 20.1. The maximum atomic E-state index is 14.2. The SMILES string of the molecule is CCN(CCOCCOCCO)S(=O)(=O)C(F)(F)C(F)(F)C(F)(F)C(F)(F)C(F)(F)C(F)(F)C(F)(F)C(F)(F)F. The number of sulfonamides is 1. The van der Waals surface area contributed by atoms with Gasteiger partial charge in [-0.1, -0.05) is 6.92 Å². The minimum atomic E-state index is -8.88. The molecule has 40 heavy (non-hydrogen) atoms. The molecule has 0 fully saturated rings. The van der Waals surface area contributed by atoms with Crippen molar-refractivity contribution in [3.8, 4) is 0 Å². The highest BCUT2D eigenvalue weighted by atomic mass is 32.2. The molecule has 0 rings (SSSR count). The Morgan fingerprint density at radius 1 is 0.575 bits per heavy atom. The molecule has 0 aromatic rings. The third-order valence-corrected chi connectivity index (χ3v) is 6.83. The van der Waals surface area contributed by atoms with E-state index in [0.717, 1.165) is 0 Å². The Hall–Kier alpha value is -1.40. The van der Waals surface area contributed by atoms with Gasteiger partial charge in [0.25, 0.3) is 10.0 Å². The molecule has 0 spiro atoms. The lowest BCUT2D eigenvalue weighted by Gasteiger charge is -2.43. The maximum Gasteiger partial charge on any atom is 0.460 e. The predicted octanol–water partition coefficient (Wildman–Crippen LogP) is 4.63. The van der Waals surface area contributed by atoms with Crippen LogP contribution in [0.5, 0.6) is 0 Å². The van der Waals surface area contributed by atoms with E-state index in [1.807, 2.05) is 0 Å². The van der Waals surface area contributed by atoms with Crippen molar-refractivity contribution in [1.29, 1.82) is 0 Å². The molecule has 0 heterocycles. The second kappa shape index (κ2) is 12.1. The molecular weight excluding hydrogens is 641 g/mol. The fraction of sp³-hybridized carbons (Fsp3) is 1.00. The number of aliphatic hydroxyl groups is 1. The maximum absolute atomic E-state index is 14.2. The quantitative estimate of drug-likeness (QED) is 0.182.